The van der Waals surface area contributed by atoms with Gasteiger partial charge < -0.3 is 11.1 Å². The molecule has 0 fully saturated rings. The van der Waals surface area contributed by atoms with Crippen LogP contribution in [0.5, 0.6) is 0 Å². The van der Waals surface area contributed by atoms with Crippen LogP contribution in [0.25, 0.3) is 0 Å². The SMILES string of the molecule is NC(=O)c1cc(NCCCc2cccc(F)c2)ccn1. The fourth-order valence-corrected chi connectivity index (χ4v) is 1.89. The first-order valence-electron chi connectivity index (χ1n) is 6.39. The molecule has 0 radical (unpaired) electrons. The van der Waals surface area contributed by atoms with E-state index in [2.05, 4.69) is 10.3 Å². The van der Waals surface area contributed by atoms with Gasteiger partial charge in [-0.05, 0) is 42.7 Å². The van der Waals surface area contributed by atoms with Crippen molar-refractivity contribution in [1.29, 1.82) is 0 Å². The minimum atomic E-state index is -0.548. The van der Waals surface area contributed by atoms with Gasteiger partial charge in [-0.2, -0.15) is 0 Å². The third-order valence-electron chi connectivity index (χ3n) is 2.87. The van der Waals surface area contributed by atoms with Gasteiger partial charge in [-0.15, -0.1) is 0 Å². The highest BCUT2D eigenvalue weighted by Crippen LogP contribution is 2.09. The van der Waals surface area contributed by atoms with Crippen molar-refractivity contribution in [2.75, 3.05) is 11.9 Å². The number of primary amides is 1. The molecule has 1 amide bonds. The standard InChI is InChI=1S/C15H16FN3O/c16-12-5-1-3-11(9-12)4-2-7-18-13-6-8-19-14(10-13)15(17)20/h1,3,5-6,8-10H,2,4,7H2,(H2,17,20)(H,18,19). The van der Waals surface area contributed by atoms with Gasteiger partial charge in [-0.1, -0.05) is 12.1 Å². The second-order valence-corrected chi connectivity index (χ2v) is 4.45. The first-order valence-corrected chi connectivity index (χ1v) is 6.39. The van der Waals surface area contributed by atoms with E-state index in [-0.39, 0.29) is 11.5 Å². The van der Waals surface area contributed by atoms with Gasteiger partial charge in [0, 0.05) is 18.4 Å². The highest BCUT2D eigenvalue weighted by Gasteiger charge is 2.02. The third kappa shape index (κ3) is 4.05. The van der Waals surface area contributed by atoms with Crippen LogP contribution in [0.1, 0.15) is 22.5 Å². The van der Waals surface area contributed by atoms with E-state index in [9.17, 15) is 9.18 Å². The Hall–Kier alpha value is -2.43. The molecule has 0 aliphatic rings. The number of anilines is 1. The van der Waals surface area contributed by atoms with Crippen LogP contribution in [0.4, 0.5) is 10.1 Å². The molecule has 2 rings (SSSR count). The monoisotopic (exact) mass is 273 g/mol. The van der Waals surface area contributed by atoms with E-state index in [4.69, 9.17) is 5.73 Å². The molecule has 2 aromatic rings. The van der Waals surface area contributed by atoms with Crippen molar-refractivity contribution in [3.63, 3.8) is 0 Å². The molecule has 0 saturated heterocycles. The molecule has 0 spiro atoms. The highest BCUT2D eigenvalue weighted by atomic mass is 19.1. The Balaban J connectivity index is 1.81. The molecule has 0 unspecified atom stereocenters. The number of carbonyl (C=O) groups excluding carboxylic acids is 1. The average molecular weight is 273 g/mol. The highest BCUT2D eigenvalue weighted by molar-refractivity contribution is 5.91. The maximum Gasteiger partial charge on any atom is 0.267 e. The number of benzene rings is 1. The summed E-state index contributed by atoms with van der Waals surface area (Å²) >= 11 is 0. The van der Waals surface area contributed by atoms with Gasteiger partial charge in [0.1, 0.15) is 11.5 Å². The van der Waals surface area contributed by atoms with Crippen molar-refractivity contribution in [2.45, 2.75) is 12.8 Å². The summed E-state index contributed by atoms with van der Waals surface area (Å²) in [5, 5.41) is 3.18. The molecule has 0 aliphatic carbocycles. The summed E-state index contributed by atoms with van der Waals surface area (Å²) in [6.45, 7) is 0.721. The fraction of sp³-hybridized carbons (Fsp3) is 0.200. The number of aromatic nitrogens is 1. The normalized spacial score (nSPS) is 10.2. The third-order valence-corrected chi connectivity index (χ3v) is 2.87. The van der Waals surface area contributed by atoms with Crippen molar-refractivity contribution in [2.24, 2.45) is 5.73 Å². The Morgan fingerprint density at radius 3 is 2.90 bits per heavy atom. The molecule has 0 atom stereocenters. The smallest absolute Gasteiger partial charge is 0.267 e. The second kappa shape index (κ2) is 6.65. The van der Waals surface area contributed by atoms with Gasteiger partial charge in [-0.3, -0.25) is 9.78 Å². The van der Waals surface area contributed by atoms with E-state index in [1.54, 1.807) is 18.2 Å². The number of nitrogens with two attached hydrogens (primary N) is 1. The summed E-state index contributed by atoms with van der Waals surface area (Å²) in [5.41, 5.74) is 7.17. The molecule has 1 heterocycles. The Morgan fingerprint density at radius 1 is 1.30 bits per heavy atom. The Kier molecular flexibility index (Phi) is 4.65. The van der Waals surface area contributed by atoms with E-state index in [0.29, 0.717) is 0 Å². The molecule has 5 heteroatoms. The lowest BCUT2D eigenvalue weighted by molar-refractivity contribution is 0.0995. The topological polar surface area (TPSA) is 68.0 Å². The van der Waals surface area contributed by atoms with E-state index < -0.39 is 5.91 Å². The van der Waals surface area contributed by atoms with Gasteiger partial charge in [0.2, 0.25) is 0 Å². The summed E-state index contributed by atoms with van der Waals surface area (Å²) < 4.78 is 13.0. The van der Waals surface area contributed by atoms with Gasteiger partial charge in [0.15, 0.2) is 0 Å². The van der Waals surface area contributed by atoms with E-state index >= 15 is 0 Å². The molecule has 0 bridgehead atoms. The number of halogens is 1. The van der Waals surface area contributed by atoms with Crippen LogP contribution in [0.3, 0.4) is 0 Å². The molecule has 0 aliphatic heterocycles. The number of hydrogen-bond acceptors (Lipinski definition) is 3. The van der Waals surface area contributed by atoms with Crippen molar-refractivity contribution >= 4 is 11.6 Å². The molecule has 20 heavy (non-hydrogen) atoms. The van der Waals surface area contributed by atoms with Crippen LogP contribution in [0.15, 0.2) is 42.6 Å². The van der Waals surface area contributed by atoms with E-state index in [0.717, 1.165) is 30.6 Å². The molecule has 0 saturated carbocycles. The number of hydrogen-bond donors (Lipinski definition) is 2. The summed E-state index contributed by atoms with van der Waals surface area (Å²) in [6.07, 6.45) is 3.19. The zero-order valence-corrected chi connectivity index (χ0v) is 11.0. The molecule has 4 nitrogen and oxygen atoms in total. The zero-order chi connectivity index (χ0) is 14.4. The summed E-state index contributed by atoms with van der Waals surface area (Å²) in [6, 6.07) is 9.97. The molecular formula is C15H16FN3O. The zero-order valence-electron chi connectivity index (χ0n) is 11.0. The van der Waals surface area contributed by atoms with Crippen LogP contribution in [-0.4, -0.2) is 17.4 Å². The number of nitrogens with zero attached hydrogens (tertiary/aromatic N) is 1. The summed E-state index contributed by atoms with van der Waals surface area (Å²) in [5.74, 6) is -0.760. The molecule has 3 N–H and O–H groups in total. The van der Waals surface area contributed by atoms with Crippen LogP contribution in [-0.2, 0) is 6.42 Å². The largest absolute Gasteiger partial charge is 0.385 e. The Bertz CT molecular complexity index is 601. The maximum absolute atomic E-state index is 13.0. The number of amides is 1. The quantitative estimate of drug-likeness (QED) is 0.794. The minimum absolute atomic E-state index is 0.212. The van der Waals surface area contributed by atoms with Crippen LogP contribution in [0.2, 0.25) is 0 Å². The van der Waals surface area contributed by atoms with Crippen molar-refractivity contribution in [1.82, 2.24) is 4.98 Å². The first-order chi connectivity index (χ1) is 9.65. The van der Waals surface area contributed by atoms with Crippen LogP contribution in [0, 0.1) is 5.82 Å². The maximum atomic E-state index is 13.0. The number of nitrogens with one attached hydrogen (secondary N) is 1. The van der Waals surface area contributed by atoms with E-state index in [1.807, 2.05) is 6.07 Å². The predicted molar refractivity (Wildman–Crippen MR) is 76.0 cm³/mol. The lowest BCUT2D eigenvalue weighted by Gasteiger charge is -2.07. The van der Waals surface area contributed by atoms with Gasteiger partial charge >= 0.3 is 0 Å². The van der Waals surface area contributed by atoms with E-state index in [1.165, 1.54) is 18.3 Å². The Labute approximate surface area is 116 Å². The first kappa shape index (κ1) is 14.0. The minimum Gasteiger partial charge on any atom is -0.385 e. The summed E-state index contributed by atoms with van der Waals surface area (Å²) in [7, 11) is 0. The molecule has 1 aromatic heterocycles. The van der Waals surface area contributed by atoms with Crippen LogP contribution >= 0.6 is 0 Å². The number of pyridine rings is 1. The number of rotatable bonds is 6. The van der Waals surface area contributed by atoms with Gasteiger partial charge in [0.25, 0.3) is 5.91 Å². The molecule has 104 valence electrons. The van der Waals surface area contributed by atoms with Crippen molar-refractivity contribution in [3.8, 4) is 0 Å². The lowest BCUT2D eigenvalue weighted by Crippen LogP contribution is -2.13. The predicted octanol–water partition coefficient (Wildman–Crippen LogP) is 2.36. The fourth-order valence-electron chi connectivity index (χ4n) is 1.89. The number of carbonyl (C=O) groups is 1. The average Bonchev–Trinajstić information content (AvgIpc) is 2.44. The van der Waals surface area contributed by atoms with Gasteiger partial charge in [-0.25, -0.2) is 4.39 Å². The van der Waals surface area contributed by atoms with Crippen molar-refractivity contribution in [3.05, 3.63) is 59.7 Å². The second-order valence-electron chi connectivity index (χ2n) is 4.45. The molecular weight excluding hydrogens is 257 g/mol. The summed E-state index contributed by atoms with van der Waals surface area (Å²) in [4.78, 5) is 14.9. The Morgan fingerprint density at radius 2 is 2.15 bits per heavy atom. The molecule has 1 aromatic carbocycles. The van der Waals surface area contributed by atoms with Gasteiger partial charge in [0.05, 0.1) is 0 Å². The number of aryl methyl sites for hydroxylation is 1. The van der Waals surface area contributed by atoms with Crippen molar-refractivity contribution < 1.29 is 9.18 Å². The van der Waals surface area contributed by atoms with Crippen LogP contribution < -0.4 is 11.1 Å². The lowest BCUT2D eigenvalue weighted by atomic mass is 10.1.